The van der Waals surface area contributed by atoms with Crippen LogP contribution < -0.4 is 15.4 Å². The highest BCUT2D eigenvalue weighted by Gasteiger charge is 2.24. The number of aryl methyl sites for hydroxylation is 2. The molecule has 0 saturated carbocycles. The Morgan fingerprint density at radius 1 is 1.10 bits per heavy atom. The molecule has 1 aromatic heterocycles. The van der Waals surface area contributed by atoms with Gasteiger partial charge >= 0.3 is 0 Å². The molecular formula is C24H30N4O3. The van der Waals surface area contributed by atoms with Crippen molar-refractivity contribution in [1.82, 2.24) is 20.2 Å². The van der Waals surface area contributed by atoms with Crippen molar-refractivity contribution in [3.05, 3.63) is 59.9 Å². The number of benzene rings is 2. The van der Waals surface area contributed by atoms with Gasteiger partial charge in [-0.2, -0.15) is 0 Å². The summed E-state index contributed by atoms with van der Waals surface area (Å²) in [5, 5.41) is 5.80. The number of rotatable bonds is 9. The topological polar surface area (TPSA) is 85.2 Å². The van der Waals surface area contributed by atoms with Crippen molar-refractivity contribution in [2.24, 2.45) is 13.0 Å². The van der Waals surface area contributed by atoms with Crippen LogP contribution in [-0.4, -0.2) is 41.1 Å². The van der Waals surface area contributed by atoms with E-state index in [0.29, 0.717) is 17.9 Å². The minimum absolute atomic E-state index is 0.0398. The van der Waals surface area contributed by atoms with Gasteiger partial charge in [-0.25, -0.2) is 4.98 Å². The van der Waals surface area contributed by atoms with Gasteiger partial charge in [-0.3, -0.25) is 9.59 Å². The molecule has 1 unspecified atom stereocenters. The summed E-state index contributed by atoms with van der Waals surface area (Å²) < 4.78 is 7.20. The summed E-state index contributed by atoms with van der Waals surface area (Å²) in [5.41, 5.74) is 2.56. The smallest absolute Gasteiger partial charge is 0.251 e. The molecule has 1 heterocycles. The van der Waals surface area contributed by atoms with E-state index in [1.165, 1.54) is 0 Å². The maximum atomic E-state index is 12.7. The fourth-order valence-corrected chi connectivity index (χ4v) is 3.49. The number of ether oxygens (including phenoxy) is 1. The van der Waals surface area contributed by atoms with Crippen LogP contribution in [0.4, 0.5) is 0 Å². The molecule has 0 saturated heterocycles. The van der Waals surface area contributed by atoms with Crippen LogP contribution >= 0.6 is 0 Å². The molecular weight excluding hydrogens is 392 g/mol. The number of amides is 2. The van der Waals surface area contributed by atoms with Crippen molar-refractivity contribution >= 4 is 22.8 Å². The molecule has 0 aliphatic heterocycles. The Morgan fingerprint density at radius 2 is 1.81 bits per heavy atom. The molecule has 0 bridgehead atoms. The first-order chi connectivity index (χ1) is 14.9. The number of hydrogen-bond acceptors (Lipinski definition) is 4. The van der Waals surface area contributed by atoms with Gasteiger partial charge in [0.25, 0.3) is 5.91 Å². The zero-order valence-corrected chi connectivity index (χ0v) is 18.5. The zero-order chi connectivity index (χ0) is 22.4. The highest BCUT2D eigenvalue weighted by Crippen LogP contribution is 2.15. The number of nitrogens with zero attached hydrogens (tertiary/aromatic N) is 2. The van der Waals surface area contributed by atoms with Gasteiger partial charge in [0.15, 0.2) is 0 Å². The highest BCUT2D eigenvalue weighted by molar-refractivity contribution is 5.97. The summed E-state index contributed by atoms with van der Waals surface area (Å²) in [4.78, 5) is 29.9. The number of methoxy groups -OCH3 is 1. The number of para-hydroxylation sites is 2. The molecule has 2 amide bonds. The minimum Gasteiger partial charge on any atom is -0.497 e. The molecule has 7 heteroatoms. The number of aromatic nitrogens is 2. The first kappa shape index (κ1) is 22.3. The molecule has 0 spiro atoms. The molecule has 2 aromatic carbocycles. The van der Waals surface area contributed by atoms with Gasteiger partial charge in [0.05, 0.1) is 18.1 Å². The Kier molecular flexibility index (Phi) is 7.28. The molecule has 2 N–H and O–H groups in total. The zero-order valence-electron chi connectivity index (χ0n) is 18.5. The summed E-state index contributed by atoms with van der Waals surface area (Å²) in [5.74, 6) is 1.17. The van der Waals surface area contributed by atoms with Crippen molar-refractivity contribution in [2.45, 2.75) is 32.7 Å². The number of hydrogen-bond donors (Lipinski definition) is 2. The monoisotopic (exact) mass is 422 g/mol. The lowest BCUT2D eigenvalue weighted by Crippen LogP contribution is -2.49. The van der Waals surface area contributed by atoms with Gasteiger partial charge in [-0.15, -0.1) is 0 Å². The lowest BCUT2D eigenvalue weighted by molar-refractivity contribution is -0.123. The van der Waals surface area contributed by atoms with Crippen LogP contribution in [0, 0.1) is 5.92 Å². The number of carbonyl (C=O) groups is 2. The van der Waals surface area contributed by atoms with E-state index in [0.717, 1.165) is 29.7 Å². The standard InChI is InChI=1S/C24H30N4O3/c1-16(2)22(27-23(29)17-11-13-18(31-4)14-12-17)24(30)25-15-7-10-21-26-19-8-5-6-9-20(19)28(21)3/h5-6,8-9,11-14,16,22H,7,10,15H2,1-4H3,(H,25,30)(H,27,29). The third kappa shape index (κ3) is 5.42. The van der Waals surface area contributed by atoms with Crippen molar-refractivity contribution in [1.29, 1.82) is 0 Å². The van der Waals surface area contributed by atoms with E-state index in [4.69, 9.17) is 4.74 Å². The molecule has 31 heavy (non-hydrogen) atoms. The van der Waals surface area contributed by atoms with E-state index in [1.54, 1.807) is 31.4 Å². The summed E-state index contributed by atoms with van der Waals surface area (Å²) in [6, 6.07) is 14.2. The fourth-order valence-electron chi connectivity index (χ4n) is 3.49. The van der Waals surface area contributed by atoms with E-state index >= 15 is 0 Å². The van der Waals surface area contributed by atoms with E-state index in [2.05, 4.69) is 20.2 Å². The van der Waals surface area contributed by atoms with Crippen molar-refractivity contribution in [3.8, 4) is 5.75 Å². The van der Waals surface area contributed by atoms with E-state index in [-0.39, 0.29) is 17.7 Å². The van der Waals surface area contributed by atoms with Gasteiger partial charge < -0.3 is 19.9 Å². The lowest BCUT2D eigenvalue weighted by atomic mass is 10.0. The third-order valence-corrected chi connectivity index (χ3v) is 5.34. The number of fused-ring (bicyclic) bond motifs is 1. The SMILES string of the molecule is COc1ccc(C(=O)NC(C(=O)NCCCc2nc3ccccc3n2C)C(C)C)cc1. The third-order valence-electron chi connectivity index (χ3n) is 5.34. The predicted octanol–water partition coefficient (Wildman–Crippen LogP) is 3.09. The Balaban J connectivity index is 1.52. The molecule has 0 aliphatic carbocycles. The fraction of sp³-hybridized carbons (Fsp3) is 0.375. The van der Waals surface area contributed by atoms with E-state index in [1.807, 2.05) is 45.2 Å². The first-order valence-corrected chi connectivity index (χ1v) is 10.5. The molecule has 3 aromatic rings. The molecule has 3 rings (SSSR count). The molecule has 0 radical (unpaired) electrons. The minimum atomic E-state index is -0.606. The Morgan fingerprint density at radius 3 is 2.45 bits per heavy atom. The lowest BCUT2D eigenvalue weighted by Gasteiger charge is -2.22. The summed E-state index contributed by atoms with van der Waals surface area (Å²) in [6.45, 7) is 4.35. The maximum absolute atomic E-state index is 12.7. The van der Waals surface area contributed by atoms with Crippen LogP contribution in [0.3, 0.4) is 0 Å². The van der Waals surface area contributed by atoms with Crippen molar-refractivity contribution < 1.29 is 14.3 Å². The van der Waals surface area contributed by atoms with Crippen LogP contribution in [0.1, 0.15) is 36.5 Å². The van der Waals surface area contributed by atoms with Gasteiger partial charge in [-0.1, -0.05) is 26.0 Å². The van der Waals surface area contributed by atoms with Crippen LogP contribution in [0.25, 0.3) is 11.0 Å². The largest absolute Gasteiger partial charge is 0.497 e. The highest BCUT2D eigenvalue weighted by atomic mass is 16.5. The molecule has 1 atom stereocenters. The Hall–Kier alpha value is -3.35. The van der Waals surface area contributed by atoms with Crippen molar-refractivity contribution in [2.75, 3.05) is 13.7 Å². The first-order valence-electron chi connectivity index (χ1n) is 10.5. The van der Waals surface area contributed by atoms with Gasteiger partial charge in [0.2, 0.25) is 5.91 Å². The molecule has 0 fully saturated rings. The summed E-state index contributed by atoms with van der Waals surface area (Å²) in [6.07, 6.45) is 1.52. The van der Waals surface area contributed by atoms with Crippen LogP contribution in [0.5, 0.6) is 5.75 Å². The number of nitrogens with one attached hydrogen (secondary N) is 2. The quantitative estimate of drug-likeness (QED) is 0.519. The normalized spacial score (nSPS) is 12.0. The second-order valence-corrected chi connectivity index (χ2v) is 7.89. The number of imidazole rings is 1. The van der Waals surface area contributed by atoms with Crippen LogP contribution in [-0.2, 0) is 18.3 Å². The molecule has 164 valence electrons. The molecule has 0 aliphatic rings. The Labute approximate surface area is 182 Å². The maximum Gasteiger partial charge on any atom is 0.251 e. The average molecular weight is 423 g/mol. The summed E-state index contributed by atoms with van der Waals surface area (Å²) in [7, 11) is 3.58. The van der Waals surface area contributed by atoms with Gasteiger partial charge in [0, 0.05) is 25.6 Å². The second kappa shape index (κ2) is 10.1. The summed E-state index contributed by atoms with van der Waals surface area (Å²) >= 11 is 0. The van der Waals surface area contributed by atoms with E-state index in [9.17, 15) is 9.59 Å². The van der Waals surface area contributed by atoms with Crippen LogP contribution in [0.15, 0.2) is 48.5 Å². The van der Waals surface area contributed by atoms with Crippen molar-refractivity contribution in [3.63, 3.8) is 0 Å². The van der Waals surface area contributed by atoms with Gasteiger partial charge in [0.1, 0.15) is 17.6 Å². The van der Waals surface area contributed by atoms with Gasteiger partial charge in [-0.05, 0) is 48.7 Å². The van der Waals surface area contributed by atoms with Crippen LogP contribution in [0.2, 0.25) is 0 Å². The number of carbonyl (C=O) groups excluding carboxylic acids is 2. The average Bonchev–Trinajstić information content (AvgIpc) is 3.10. The predicted molar refractivity (Wildman–Crippen MR) is 121 cm³/mol. The Bertz CT molecular complexity index is 1040. The molecule has 7 nitrogen and oxygen atoms in total. The van der Waals surface area contributed by atoms with E-state index < -0.39 is 6.04 Å². The second-order valence-electron chi connectivity index (χ2n) is 7.89.